The number of esters is 1. The van der Waals surface area contributed by atoms with Gasteiger partial charge in [-0.05, 0) is 155 Å². The molecule has 1 N–H and O–H groups in total. The van der Waals surface area contributed by atoms with Crippen molar-refractivity contribution in [2.75, 3.05) is 0 Å². The lowest BCUT2D eigenvalue weighted by molar-refractivity contribution is -0.175. The van der Waals surface area contributed by atoms with Crippen molar-refractivity contribution in [2.24, 2.45) is 51.2 Å². The minimum atomic E-state index is -0.398. The zero-order valence-corrected chi connectivity index (χ0v) is 33.3. The first kappa shape index (κ1) is 39.6. The Hall–Kier alpha value is -1.61. The van der Waals surface area contributed by atoms with E-state index in [-0.39, 0.29) is 17.5 Å². The Morgan fingerprint density at radius 1 is 0.840 bits per heavy atom. The van der Waals surface area contributed by atoms with Gasteiger partial charge in [0.15, 0.2) is 0 Å². The number of aliphatic hydroxyl groups excluding tert-OH is 1. The van der Waals surface area contributed by atoms with E-state index in [1.807, 2.05) is 18.2 Å². The molecule has 5 fully saturated rings. The molecule has 0 saturated heterocycles. The van der Waals surface area contributed by atoms with E-state index in [0.717, 1.165) is 49.9 Å². The molecular formula is C47H76O3. The highest BCUT2D eigenvalue weighted by Crippen LogP contribution is 2.87. The van der Waals surface area contributed by atoms with Crippen molar-refractivity contribution < 1.29 is 14.6 Å². The van der Waals surface area contributed by atoms with Gasteiger partial charge in [0.25, 0.3) is 0 Å². The van der Waals surface area contributed by atoms with Crippen molar-refractivity contribution in [3.63, 3.8) is 0 Å². The summed E-state index contributed by atoms with van der Waals surface area (Å²) in [4.78, 5) is 13.1. The van der Waals surface area contributed by atoms with Crippen LogP contribution in [0.5, 0.6) is 0 Å². The largest absolute Gasteiger partial charge is 0.462 e. The number of unbranched alkanes of at least 4 members (excludes halogenated alkanes) is 5. The zero-order valence-electron chi connectivity index (χ0n) is 33.3. The van der Waals surface area contributed by atoms with Crippen molar-refractivity contribution in [3.05, 3.63) is 48.6 Å². The third-order valence-corrected chi connectivity index (χ3v) is 15.7. The van der Waals surface area contributed by atoms with Crippen molar-refractivity contribution in [1.29, 1.82) is 0 Å². The molecule has 0 aromatic carbocycles. The van der Waals surface area contributed by atoms with Crippen molar-refractivity contribution in [3.8, 4) is 0 Å². The Morgan fingerprint density at radius 3 is 2.38 bits per heavy atom. The van der Waals surface area contributed by atoms with E-state index in [4.69, 9.17) is 4.74 Å². The Morgan fingerprint density at radius 2 is 1.60 bits per heavy atom. The summed E-state index contributed by atoms with van der Waals surface area (Å²) in [6, 6.07) is 0. The minimum Gasteiger partial charge on any atom is -0.462 e. The highest BCUT2D eigenvalue weighted by Gasteiger charge is 2.80. The molecule has 3 heteroatoms. The summed E-state index contributed by atoms with van der Waals surface area (Å²) >= 11 is 0. The minimum absolute atomic E-state index is 0.0442. The van der Waals surface area contributed by atoms with Gasteiger partial charge in [0.05, 0.1) is 6.10 Å². The van der Waals surface area contributed by atoms with Gasteiger partial charge < -0.3 is 9.84 Å². The predicted molar refractivity (Wildman–Crippen MR) is 211 cm³/mol. The number of ether oxygens (including phenoxy) is 1. The molecule has 0 heterocycles. The van der Waals surface area contributed by atoms with Gasteiger partial charge in [0, 0.05) is 11.8 Å². The zero-order chi connectivity index (χ0) is 36.0. The number of rotatable bonds is 19. The molecule has 0 radical (unpaired) electrons. The van der Waals surface area contributed by atoms with Gasteiger partial charge >= 0.3 is 5.97 Å². The summed E-state index contributed by atoms with van der Waals surface area (Å²) in [7, 11) is 0. The fourth-order valence-electron chi connectivity index (χ4n) is 12.6. The van der Waals surface area contributed by atoms with Crippen molar-refractivity contribution in [1.82, 2.24) is 0 Å². The summed E-state index contributed by atoms with van der Waals surface area (Å²) in [5, 5.41) is 9.92. The average molecular weight is 689 g/mol. The molecule has 5 aliphatic carbocycles. The second kappa shape index (κ2) is 17.0. The first-order valence-electron chi connectivity index (χ1n) is 21.4. The summed E-state index contributed by atoms with van der Waals surface area (Å²) in [6.45, 7) is 18.7. The molecule has 5 aliphatic rings. The van der Waals surface area contributed by atoms with Gasteiger partial charge in [-0.15, -0.1) is 0 Å². The molecule has 0 aliphatic heterocycles. The summed E-state index contributed by atoms with van der Waals surface area (Å²) < 4.78 is 6.37. The highest BCUT2D eigenvalue weighted by molar-refractivity contribution is 5.69. The summed E-state index contributed by atoms with van der Waals surface area (Å²) in [6.07, 6.45) is 37.2. The maximum Gasteiger partial charge on any atom is 0.306 e. The predicted octanol–water partition coefficient (Wildman–Crippen LogP) is 12.9. The lowest BCUT2D eigenvalue weighted by Crippen LogP contribution is -2.55. The molecule has 9 atom stereocenters. The Bertz CT molecular complexity index is 1220. The van der Waals surface area contributed by atoms with E-state index in [9.17, 15) is 9.90 Å². The van der Waals surface area contributed by atoms with Gasteiger partial charge in [0.1, 0.15) is 6.10 Å². The van der Waals surface area contributed by atoms with Crippen LogP contribution in [-0.4, -0.2) is 23.3 Å². The fourth-order valence-corrected chi connectivity index (χ4v) is 12.6. The number of carbonyl (C=O) groups is 1. The molecule has 5 saturated carbocycles. The molecule has 3 nitrogen and oxygen atoms in total. The summed E-state index contributed by atoms with van der Waals surface area (Å²) in [5.74, 6) is 4.16. The number of hydrogen-bond donors (Lipinski definition) is 1. The van der Waals surface area contributed by atoms with Crippen LogP contribution in [0, 0.1) is 51.2 Å². The van der Waals surface area contributed by atoms with Crippen molar-refractivity contribution in [2.45, 2.75) is 189 Å². The van der Waals surface area contributed by atoms with Crippen molar-refractivity contribution >= 4 is 5.97 Å². The normalized spacial score (nSPS) is 36.4. The molecule has 2 spiro atoms. The molecule has 9 unspecified atom stereocenters. The average Bonchev–Trinajstić information content (AvgIpc) is 3.63. The Labute approximate surface area is 308 Å². The van der Waals surface area contributed by atoms with Gasteiger partial charge in [0.2, 0.25) is 0 Å². The van der Waals surface area contributed by atoms with Crippen LogP contribution in [0.1, 0.15) is 176 Å². The van der Waals surface area contributed by atoms with Crippen LogP contribution in [-0.2, 0) is 9.53 Å². The van der Waals surface area contributed by atoms with Crippen LogP contribution in [0.3, 0.4) is 0 Å². The number of allylic oxidation sites excluding steroid dienone is 5. The monoisotopic (exact) mass is 689 g/mol. The SMILES string of the molecule is C=C(CCCC1CCC2C3CCC4C(C)(C)C(OC(=O)CCCCCCCC=CC=CC(O)CC=CCC)CCC45CC35CCC12C)C(C)C. The summed E-state index contributed by atoms with van der Waals surface area (Å²) in [5.41, 5.74) is 3.19. The number of aliphatic hydroxyl groups is 1. The third kappa shape index (κ3) is 8.29. The smallest absolute Gasteiger partial charge is 0.306 e. The van der Waals surface area contributed by atoms with Crippen LogP contribution in [0.25, 0.3) is 0 Å². The van der Waals surface area contributed by atoms with E-state index in [0.29, 0.717) is 40.9 Å². The van der Waals surface area contributed by atoms with Crippen LogP contribution in [0.2, 0.25) is 0 Å². The number of carbonyl (C=O) groups excluding carboxylic acids is 1. The van der Waals surface area contributed by atoms with Gasteiger partial charge in [-0.25, -0.2) is 0 Å². The quantitative estimate of drug-likeness (QED) is 0.0636. The molecule has 0 aromatic rings. The molecule has 282 valence electrons. The molecular weight excluding hydrogens is 613 g/mol. The van der Waals surface area contributed by atoms with E-state index in [1.165, 1.54) is 95.5 Å². The maximum absolute atomic E-state index is 13.1. The van der Waals surface area contributed by atoms with E-state index >= 15 is 0 Å². The molecule has 0 aromatic heterocycles. The second-order valence-corrected chi connectivity index (χ2v) is 19.0. The second-order valence-electron chi connectivity index (χ2n) is 19.0. The van der Waals surface area contributed by atoms with Crippen LogP contribution < -0.4 is 0 Å². The number of hydrogen-bond acceptors (Lipinski definition) is 3. The van der Waals surface area contributed by atoms with Gasteiger partial charge in [-0.3, -0.25) is 4.79 Å². The lowest BCUT2D eigenvalue weighted by atomic mass is 9.46. The Kier molecular flexibility index (Phi) is 13.5. The van der Waals surface area contributed by atoms with Crippen LogP contribution in [0.4, 0.5) is 0 Å². The van der Waals surface area contributed by atoms with E-state index in [1.54, 1.807) is 0 Å². The first-order chi connectivity index (χ1) is 23.9. The number of fused-ring (bicyclic) bond motifs is 2. The van der Waals surface area contributed by atoms with Crippen LogP contribution in [0.15, 0.2) is 48.6 Å². The topological polar surface area (TPSA) is 46.5 Å². The molecule has 0 bridgehead atoms. The fraction of sp³-hybridized carbons (Fsp3) is 0.809. The lowest BCUT2D eigenvalue weighted by Gasteiger charge is -2.59. The molecule has 50 heavy (non-hydrogen) atoms. The molecule has 0 amide bonds. The van der Waals surface area contributed by atoms with Crippen LogP contribution >= 0.6 is 0 Å². The standard InChI is InChI=1S/C47H76O3/c1-8-9-17-23-38(48)24-18-15-13-11-10-12-14-16-19-25-43(49)50-42-30-31-47-34-46(47)33-32-45(7)37(22-20-21-36(4)35(2)3)26-27-39(45)40(46)28-29-41(47)44(42,5)6/h9,13,15,17-18,24,35,37-42,48H,4,8,10-12,14,16,19-23,25-34H2,1-3,5-7H3. The highest BCUT2D eigenvalue weighted by atomic mass is 16.5. The first-order valence-corrected chi connectivity index (χ1v) is 21.4. The van der Waals surface area contributed by atoms with Gasteiger partial charge in [-0.2, -0.15) is 0 Å². The third-order valence-electron chi connectivity index (χ3n) is 15.7. The van der Waals surface area contributed by atoms with Gasteiger partial charge in [-0.1, -0.05) is 109 Å². The Balaban J connectivity index is 1.01. The maximum atomic E-state index is 13.1. The van der Waals surface area contributed by atoms with E-state index in [2.05, 4.69) is 66.3 Å². The molecule has 5 rings (SSSR count). The van der Waals surface area contributed by atoms with E-state index < -0.39 is 6.10 Å².